The van der Waals surface area contributed by atoms with E-state index < -0.39 is 0 Å². The fourth-order valence-corrected chi connectivity index (χ4v) is 3.11. The molecule has 1 aliphatic heterocycles. The van der Waals surface area contributed by atoms with Crippen LogP contribution in [-0.2, 0) is 10.2 Å². The van der Waals surface area contributed by atoms with Crippen LogP contribution in [0.1, 0.15) is 25.8 Å². The molecule has 19 heavy (non-hydrogen) atoms. The van der Waals surface area contributed by atoms with E-state index in [-0.39, 0.29) is 11.0 Å². The molecule has 0 aliphatic carbocycles. The van der Waals surface area contributed by atoms with Crippen molar-refractivity contribution in [1.29, 1.82) is 0 Å². The molecule has 0 spiro atoms. The topological polar surface area (TPSA) is 35.2 Å². The Morgan fingerprint density at radius 1 is 1.11 bits per heavy atom. The molecular weight excluding hydrogens is 234 g/mol. The minimum Gasteiger partial charge on any atom is -0.379 e. The van der Waals surface area contributed by atoms with Gasteiger partial charge in [0.2, 0.25) is 0 Å². The quantitative estimate of drug-likeness (QED) is 0.914. The number of rotatable bonds is 3. The summed E-state index contributed by atoms with van der Waals surface area (Å²) in [5.41, 5.74) is 7.51. The smallest absolute Gasteiger partial charge is 0.0586 e. The van der Waals surface area contributed by atoms with Crippen molar-refractivity contribution in [3.63, 3.8) is 0 Å². The van der Waals surface area contributed by atoms with Crippen LogP contribution in [0.3, 0.4) is 0 Å². The van der Waals surface area contributed by atoms with Crippen LogP contribution in [0.15, 0.2) is 42.5 Å². The first-order valence-corrected chi connectivity index (χ1v) is 6.85. The summed E-state index contributed by atoms with van der Waals surface area (Å²) in [4.78, 5) is 0. The van der Waals surface area contributed by atoms with Crippen molar-refractivity contribution >= 4 is 10.8 Å². The summed E-state index contributed by atoms with van der Waals surface area (Å²) in [7, 11) is 0. The molecule has 0 unspecified atom stereocenters. The first kappa shape index (κ1) is 12.6. The second kappa shape index (κ2) is 4.32. The third-order valence-corrected chi connectivity index (χ3v) is 3.91. The van der Waals surface area contributed by atoms with Crippen molar-refractivity contribution in [3.8, 4) is 0 Å². The van der Waals surface area contributed by atoms with E-state index in [2.05, 4.69) is 56.3 Å². The van der Waals surface area contributed by atoms with E-state index >= 15 is 0 Å². The molecule has 0 bridgehead atoms. The first-order valence-electron chi connectivity index (χ1n) is 6.85. The third-order valence-electron chi connectivity index (χ3n) is 3.91. The molecule has 0 atom stereocenters. The summed E-state index contributed by atoms with van der Waals surface area (Å²) < 4.78 is 5.50. The van der Waals surface area contributed by atoms with Gasteiger partial charge in [-0.1, -0.05) is 42.5 Å². The molecule has 1 saturated heterocycles. The summed E-state index contributed by atoms with van der Waals surface area (Å²) in [6, 6.07) is 15.2. The lowest BCUT2D eigenvalue weighted by molar-refractivity contribution is -0.0718. The van der Waals surface area contributed by atoms with E-state index in [1.165, 1.54) is 16.3 Å². The zero-order chi connectivity index (χ0) is 13.5. The molecule has 0 aromatic heterocycles. The average molecular weight is 255 g/mol. The zero-order valence-corrected chi connectivity index (χ0v) is 11.6. The standard InChI is InChI=1S/C17H21NO/c1-16(2,18)10-17(11-19-12-17)15-8-7-13-5-3-4-6-14(13)9-15/h3-9H,10-12,18H2,1-2H3. The van der Waals surface area contributed by atoms with Crippen molar-refractivity contribution in [3.05, 3.63) is 48.0 Å². The minimum atomic E-state index is -0.171. The fourth-order valence-electron chi connectivity index (χ4n) is 3.11. The Bertz CT molecular complexity index is 593. The molecule has 1 fully saturated rings. The van der Waals surface area contributed by atoms with Gasteiger partial charge in [0, 0.05) is 11.0 Å². The zero-order valence-electron chi connectivity index (χ0n) is 11.6. The van der Waals surface area contributed by atoms with Gasteiger partial charge in [-0.3, -0.25) is 0 Å². The molecule has 100 valence electrons. The van der Waals surface area contributed by atoms with Crippen LogP contribution in [0.4, 0.5) is 0 Å². The normalized spacial score (nSPS) is 18.3. The second-order valence-corrected chi connectivity index (χ2v) is 6.50. The maximum atomic E-state index is 6.23. The molecule has 2 N–H and O–H groups in total. The second-order valence-electron chi connectivity index (χ2n) is 6.50. The van der Waals surface area contributed by atoms with Crippen molar-refractivity contribution in [2.45, 2.75) is 31.2 Å². The highest BCUT2D eigenvalue weighted by Crippen LogP contribution is 2.39. The molecule has 0 amide bonds. The number of fused-ring (bicyclic) bond motifs is 1. The first-order chi connectivity index (χ1) is 8.99. The predicted octanol–water partition coefficient (Wildman–Crippen LogP) is 3.24. The molecule has 2 aromatic rings. The van der Waals surface area contributed by atoms with Crippen LogP contribution in [0, 0.1) is 0 Å². The Morgan fingerprint density at radius 3 is 2.37 bits per heavy atom. The van der Waals surface area contributed by atoms with Gasteiger partial charge in [-0.2, -0.15) is 0 Å². The van der Waals surface area contributed by atoms with Gasteiger partial charge in [0.25, 0.3) is 0 Å². The molecule has 0 saturated carbocycles. The van der Waals surface area contributed by atoms with Crippen molar-refractivity contribution in [1.82, 2.24) is 0 Å². The maximum absolute atomic E-state index is 6.23. The van der Waals surface area contributed by atoms with Gasteiger partial charge in [0.05, 0.1) is 13.2 Å². The number of ether oxygens (including phenoxy) is 1. The number of hydrogen-bond acceptors (Lipinski definition) is 2. The van der Waals surface area contributed by atoms with Crippen molar-refractivity contribution < 1.29 is 4.74 Å². The molecule has 2 heteroatoms. The molecule has 0 radical (unpaired) electrons. The molecule has 2 aromatic carbocycles. The predicted molar refractivity (Wildman–Crippen MR) is 79.3 cm³/mol. The van der Waals surface area contributed by atoms with Crippen LogP contribution in [-0.4, -0.2) is 18.8 Å². The Labute approximate surface area is 114 Å². The monoisotopic (exact) mass is 255 g/mol. The lowest BCUT2D eigenvalue weighted by Gasteiger charge is -2.45. The highest BCUT2D eigenvalue weighted by molar-refractivity contribution is 5.83. The molecular formula is C17H21NO. The van der Waals surface area contributed by atoms with Crippen LogP contribution in [0.2, 0.25) is 0 Å². The molecule has 3 rings (SSSR count). The van der Waals surface area contributed by atoms with Gasteiger partial charge in [-0.25, -0.2) is 0 Å². The van der Waals surface area contributed by atoms with Crippen LogP contribution < -0.4 is 5.73 Å². The van der Waals surface area contributed by atoms with E-state index in [1.54, 1.807) is 0 Å². The Hall–Kier alpha value is -1.38. The molecule has 1 heterocycles. The minimum absolute atomic E-state index is 0.0995. The van der Waals surface area contributed by atoms with E-state index in [0.717, 1.165) is 19.6 Å². The van der Waals surface area contributed by atoms with Gasteiger partial charge in [0.1, 0.15) is 0 Å². The van der Waals surface area contributed by atoms with Crippen molar-refractivity contribution in [2.24, 2.45) is 5.73 Å². The summed E-state index contributed by atoms with van der Waals surface area (Å²) in [6.45, 7) is 5.75. The molecule has 1 aliphatic rings. The van der Waals surface area contributed by atoms with Crippen LogP contribution >= 0.6 is 0 Å². The highest BCUT2D eigenvalue weighted by atomic mass is 16.5. The van der Waals surface area contributed by atoms with Gasteiger partial charge in [-0.15, -0.1) is 0 Å². The van der Waals surface area contributed by atoms with E-state index in [4.69, 9.17) is 10.5 Å². The number of nitrogens with two attached hydrogens (primary N) is 1. The van der Waals surface area contributed by atoms with E-state index in [9.17, 15) is 0 Å². The largest absolute Gasteiger partial charge is 0.379 e. The lowest BCUT2D eigenvalue weighted by atomic mass is 9.70. The van der Waals surface area contributed by atoms with E-state index in [1.807, 2.05) is 0 Å². The summed E-state index contributed by atoms with van der Waals surface area (Å²) in [5.74, 6) is 0. The summed E-state index contributed by atoms with van der Waals surface area (Å²) in [6.07, 6.45) is 0.957. The fraction of sp³-hybridized carbons (Fsp3) is 0.412. The Kier molecular flexibility index (Phi) is 2.88. The van der Waals surface area contributed by atoms with E-state index in [0.29, 0.717) is 0 Å². The molecule has 2 nitrogen and oxygen atoms in total. The van der Waals surface area contributed by atoms with Gasteiger partial charge < -0.3 is 10.5 Å². The number of benzene rings is 2. The summed E-state index contributed by atoms with van der Waals surface area (Å²) >= 11 is 0. The van der Waals surface area contributed by atoms with Gasteiger partial charge in [-0.05, 0) is 36.6 Å². The number of hydrogen-bond donors (Lipinski definition) is 1. The Morgan fingerprint density at radius 2 is 1.79 bits per heavy atom. The van der Waals surface area contributed by atoms with Gasteiger partial charge in [0.15, 0.2) is 0 Å². The Balaban J connectivity index is 2.02. The maximum Gasteiger partial charge on any atom is 0.0586 e. The van der Waals surface area contributed by atoms with Crippen molar-refractivity contribution in [2.75, 3.05) is 13.2 Å². The lowest BCUT2D eigenvalue weighted by Crippen LogP contribution is -2.53. The third kappa shape index (κ3) is 2.38. The highest BCUT2D eigenvalue weighted by Gasteiger charge is 2.43. The van der Waals surface area contributed by atoms with Crippen LogP contribution in [0.5, 0.6) is 0 Å². The summed E-state index contributed by atoms with van der Waals surface area (Å²) in [5, 5.41) is 2.58. The van der Waals surface area contributed by atoms with Crippen LogP contribution in [0.25, 0.3) is 10.8 Å². The SMILES string of the molecule is CC(C)(N)CC1(c2ccc3ccccc3c2)COC1. The average Bonchev–Trinajstić information content (AvgIpc) is 2.32. The van der Waals surface area contributed by atoms with Gasteiger partial charge >= 0.3 is 0 Å².